The molecule has 1 aliphatic carbocycles. The lowest BCUT2D eigenvalue weighted by Gasteiger charge is -2.21. The summed E-state index contributed by atoms with van der Waals surface area (Å²) >= 11 is 3.57. The summed E-state index contributed by atoms with van der Waals surface area (Å²) in [5, 5.41) is 2.65. The highest BCUT2D eigenvalue weighted by atomic mass is 79.9. The molecule has 0 nitrogen and oxygen atoms in total. The highest BCUT2D eigenvalue weighted by Crippen LogP contribution is 2.51. The predicted octanol–water partition coefficient (Wildman–Crippen LogP) is 5.91. The summed E-state index contributed by atoms with van der Waals surface area (Å²) in [6.07, 6.45) is 0. The fourth-order valence-electron chi connectivity index (χ4n) is 3.50. The molecule has 3 aromatic carbocycles. The van der Waals surface area contributed by atoms with Crippen LogP contribution in [0.2, 0.25) is 0 Å². The lowest BCUT2D eigenvalue weighted by atomic mass is 9.82. The van der Waals surface area contributed by atoms with Gasteiger partial charge in [-0.15, -0.1) is 0 Å². The molecule has 0 radical (unpaired) electrons. The molecule has 0 amide bonds. The van der Waals surface area contributed by atoms with Crippen LogP contribution in [0, 0.1) is 0 Å². The SMILES string of the molecule is CC1(C)c2ccccc2-c2c1ccc1cc(Br)ccc21. The molecule has 0 aliphatic heterocycles. The van der Waals surface area contributed by atoms with Crippen LogP contribution >= 0.6 is 15.9 Å². The number of benzene rings is 3. The highest BCUT2D eigenvalue weighted by molar-refractivity contribution is 9.10. The number of hydrogen-bond donors (Lipinski definition) is 0. The van der Waals surface area contributed by atoms with Gasteiger partial charge >= 0.3 is 0 Å². The molecule has 0 saturated carbocycles. The van der Waals surface area contributed by atoms with Crippen molar-refractivity contribution in [2.45, 2.75) is 19.3 Å². The second-order valence-corrected chi connectivity index (χ2v) is 6.94. The Labute approximate surface area is 127 Å². The van der Waals surface area contributed by atoms with E-state index in [-0.39, 0.29) is 5.41 Å². The van der Waals surface area contributed by atoms with Crippen molar-refractivity contribution in [3.63, 3.8) is 0 Å². The van der Waals surface area contributed by atoms with Crippen molar-refractivity contribution in [3.05, 3.63) is 70.2 Å². The molecule has 0 N–H and O–H groups in total. The van der Waals surface area contributed by atoms with Gasteiger partial charge < -0.3 is 0 Å². The van der Waals surface area contributed by atoms with Crippen molar-refractivity contribution < 1.29 is 0 Å². The zero-order valence-corrected chi connectivity index (χ0v) is 13.2. The Balaban J connectivity index is 2.19. The standard InChI is InChI=1S/C19H15Br/c1-19(2)16-6-4-3-5-15(16)18-14-9-8-13(20)11-12(14)7-10-17(18)19/h3-11H,1-2H3. The fourth-order valence-corrected chi connectivity index (χ4v) is 3.88. The predicted molar refractivity (Wildman–Crippen MR) is 89.2 cm³/mol. The van der Waals surface area contributed by atoms with Gasteiger partial charge in [-0.05, 0) is 45.2 Å². The zero-order chi connectivity index (χ0) is 13.9. The van der Waals surface area contributed by atoms with E-state index in [2.05, 4.69) is 84.4 Å². The van der Waals surface area contributed by atoms with Gasteiger partial charge in [0.15, 0.2) is 0 Å². The number of hydrogen-bond acceptors (Lipinski definition) is 0. The minimum atomic E-state index is 0.0905. The number of rotatable bonds is 0. The third-order valence-corrected chi connectivity index (χ3v) is 5.02. The fraction of sp³-hybridized carbons (Fsp3) is 0.158. The van der Waals surface area contributed by atoms with Crippen LogP contribution in [0.4, 0.5) is 0 Å². The summed E-state index contributed by atoms with van der Waals surface area (Å²) in [7, 11) is 0. The van der Waals surface area contributed by atoms with Gasteiger partial charge in [0.25, 0.3) is 0 Å². The molecule has 0 fully saturated rings. The van der Waals surface area contributed by atoms with Gasteiger partial charge in [-0.3, -0.25) is 0 Å². The highest BCUT2D eigenvalue weighted by Gasteiger charge is 2.35. The van der Waals surface area contributed by atoms with Crippen molar-refractivity contribution in [1.82, 2.24) is 0 Å². The van der Waals surface area contributed by atoms with Crippen molar-refractivity contribution in [2.75, 3.05) is 0 Å². The molecule has 20 heavy (non-hydrogen) atoms. The summed E-state index contributed by atoms with van der Waals surface area (Å²) < 4.78 is 1.13. The smallest absolute Gasteiger partial charge is 0.0181 e. The first-order chi connectivity index (χ1) is 9.59. The molecule has 0 spiro atoms. The van der Waals surface area contributed by atoms with E-state index < -0.39 is 0 Å². The van der Waals surface area contributed by atoms with E-state index in [4.69, 9.17) is 0 Å². The number of fused-ring (bicyclic) bond motifs is 5. The van der Waals surface area contributed by atoms with E-state index in [1.54, 1.807) is 0 Å². The molecule has 98 valence electrons. The van der Waals surface area contributed by atoms with E-state index in [0.29, 0.717) is 0 Å². The molecule has 0 aromatic heterocycles. The molecule has 1 heteroatoms. The minimum absolute atomic E-state index is 0.0905. The lowest BCUT2D eigenvalue weighted by Crippen LogP contribution is -2.14. The molecule has 0 unspecified atom stereocenters. The Morgan fingerprint density at radius 1 is 0.850 bits per heavy atom. The van der Waals surface area contributed by atoms with Crippen molar-refractivity contribution in [2.24, 2.45) is 0 Å². The summed E-state index contributed by atoms with van der Waals surface area (Å²) in [6, 6.07) is 19.9. The van der Waals surface area contributed by atoms with Crippen molar-refractivity contribution in [3.8, 4) is 11.1 Å². The monoisotopic (exact) mass is 322 g/mol. The maximum atomic E-state index is 3.57. The maximum absolute atomic E-state index is 3.57. The normalized spacial score (nSPS) is 15.2. The average molecular weight is 323 g/mol. The van der Waals surface area contributed by atoms with Crippen LogP contribution in [0.25, 0.3) is 21.9 Å². The second-order valence-electron chi connectivity index (χ2n) is 6.02. The summed E-state index contributed by atoms with van der Waals surface area (Å²) in [5.41, 5.74) is 5.77. The Kier molecular flexibility index (Phi) is 2.41. The van der Waals surface area contributed by atoms with Gasteiger partial charge in [-0.1, -0.05) is 72.2 Å². The Bertz CT molecular complexity index is 844. The first-order valence-electron chi connectivity index (χ1n) is 6.92. The summed E-state index contributed by atoms with van der Waals surface area (Å²) in [6.45, 7) is 4.64. The molecule has 0 bridgehead atoms. The van der Waals surface area contributed by atoms with Crippen LogP contribution in [0.15, 0.2) is 59.1 Å². The topological polar surface area (TPSA) is 0 Å². The number of halogens is 1. The first-order valence-corrected chi connectivity index (χ1v) is 7.71. The van der Waals surface area contributed by atoms with Crippen LogP contribution in [0.3, 0.4) is 0 Å². The van der Waals surface area contributed by atoms with E-state index in [1.807, 2.05) is 0 Å². The van der Waals surface area contributed by atoms with E-state index >= 15 is 0 Å². The molecular formula is C19H15Br. The van der Waals surface area contributed by atoms with Gasteiger partial charge in [0, 0.05) is 9.89 Å². The van der Waals surface area contributed by atoms with Crippen LogP contribution < -0.4 is 0 Å². The van der Waals surface area contributed by atoms with Gasteiger partial charge in [-0.2, -0.15) is 0 Å². The third-order valence-electron chi connectivity index (χ3n) is 4.52. The largest absolute Gasteiger partial charge is 0.0619 e. The molecule has 1 aliphatic rings. The van der Waals surface area contributed by atoms with E-state index in [9.17, 15) is 0 Å². The quantitative estimate of drug-likeness (QED) is 0.482. The van der Waals surface area contributed by atoms with Gasteiger partial charge in [0.1, 0.15) is 0 Å². The van der Waals surface area contributed by atoms with Crippen molar-refractivity contribution in [1.29, 1.82) is 0 Å². The van der Waals surface area contributed by atoms with E-state index in [1.165, 1.54) is 33.0 Å². The first kappa shape index (κ1) is 12.2. The van der Waals surface area contributed by atoms with Gasteiger partial charge in [0.2, 0.25) is 0 Å². The second kappa shape index (κ2) is 3.95. The van der Waals surface area contributed by atoms with E-state index in [0.717, 1.165) is 4.47 Å². The van der Waals surface area contributed by atoms with Crippen LogP contribution in [-0.2, 0) is 5.41 Å². The Morgan fingerprint density at radius 3 is 2.50 bits per heavy atom. The molecule has 0 atom stereocenters. The third kappa shape index (κ3) is 1.47. The maximum Gasteiger partial charge on any atom is 0.0181 e. The average Bonchev–Trinajstić information content (AvgIpc) is 2.68. The van der Waals surface area contributed by atoms with Crippen LogP contribution in [0.1, 0.15) is 25.0 Å². The van der Waals surface area contributed by atoms with Gasteiger partial charge in [-0.25, -0.2) is 0 Å². The molecule has 0 heterocycles. The molecule has 4 rings (SSSR count). The minimum Gasteiger partial charge on any atom is -0.0619 e. The summed E-state index contributed by atoms with van der Waals surface area (Å²) in [5.74, 6) is 0. The summed E-state index contributed by atoms with van der Waals surface area (Å²) in [4.78, 5) is 0. The van der Waals surface area contributed by atoms with Crippen LogP contribution in [-0.4, -0.2) is 0 Å². The molecular weight excluding hydrogens is 308 g/mol. The van der Waals surface area contributed by atoms with Crippen molar-refractivity contribution >= 4 is 26.7 Å². The van der Waals surface area contributed by atoms with Crippen LogP contribution in [0.5, 0.6) is 0 Å². The molecule has 0 saturated heterocycles. The van der Waals surface area contributed by atoms with Gasteiger partial charge in [0.05, 0.1) is 0 Å². The lowest BCUT2D eigenvalue weighted by molar-refractivity contribution is 0.661. The molecule has 3 aromatic rings. The Hall–Kier alpha value is -1.60. The zero-order valence-electron chi connectivity index (χ0n) is 11.6. The Morgan fingerprint density at radius 2 is 1.65 bits per heavy atom.